The molecule has 0 aromatic rings. The van der Waals surface area contributed by atoms with E-state index in [4.69, 9.17) is 10.5 Å². The summed E-state index contributed by atoms with van der Waals surface area (Å²) in [4.78, 5) is 0. The maximum absolute atomic E-state index is 5.44. The van der Waals surface area contributed by atoms with E-state index in [0.717, 1.165) is 13.1 Å². The molecular weight excluding hydrogens is 128 g/mol. The molecule has 0 unspecified atom stereocenters. The van der Waals surface area contributed by atoms with Crippen molar-refractivity contribution in [2.24, 2.45) is 5.73 Å². The molecule has 0 amide bonds. The van der Waals surface area contributed by atoms with Gasteiger partial charge in [0.15, 0.2) is 0 Å². The van der Waals surface area contributed by atoms with Gasteiger partial charge >= 0.3 is 0 Å². The zero-order chi connectivity index (χ0) is 7.23. The number of hydrogen-bond acceptors (Lipinski definition) is 3. The molecule has 0 spiro atoms. The number of piperidine rings is 1. The van der Waals surface area contributed by atoms with Crippen molar-refractivity contribution in [3.05, 3.63) is 0 Å². The summed E-state index contributed by atoms with van der Waals surface area (Å²) in [6.07, 6.45) is 2.83. The lowest BCUT2D eigenvalue weighted by Gasteiger charge is -2.22. The average molecular weight is 144 g/mol. The molecule has 0 aromatic carbocycles. The van der Waals surface area contributed by atoms with Gasteiger partial charge in [0.2, 0.25) is 0 Å². The van der Waals surface area contributed by atoms with E-state index in [-0.39, 0.29) is 0 Å². The van der Waals surface area contributed by atoms with Gasteiger partial charge in [-0.25, -0.2) is 0 Å². The molecule has 1 saturated heterocycles. The minimum absolute atomic E-state index is 0.414. The molecule has 1 heterocycles. The lowest BCUT2D eigenvalue weighted by molar-refractivity contribution is 0.0421. The van der Waals surface area contributed by atoms with Gasteiger partial charge < -0.3 is 15.8 Å². The van der Waals surface area contributed by atoms with E-state index in [9.17, 15) is 0 Å². The summed E-state index contributed by atoms with van der Waals surface area (Å²) >= 11 is 0. The number of hydrogen-bond donors (Lipinski definition) is 2. The minimum atomic E-state index is 0.414. The van der Waals surface area contributed by atoms with Crippen LogP contribution in [0.15, 0.2) is 0 Å². The van der Waals surface area contributed by atoms with Crippen molar-refractivity contribution < 1.29 is 4.74 Å². The van der Waals surface area contributed by atoms with E-state index < -0.39 is 0 Å². The Kier molecular flexibility index (Phi) is 3.72. The second-order valence-corrected chi connectivity index (χ2v) is 2.63. The maximum Gasteiger partial charge on any atom is 0.0700 e. The van der Waals surface area contributed by atoms with Crippen LogP contribution in [-0.2, 0) is 4.74 Å². The molecule has 1 atom stereocenters. The molecule has 0 radical (unpaired) electrons. The summed E-state index contributed by atoms with van der Waals surface area (Å²) in [6.45, 7) is 3.48. The molecule has 10 heavy (non-hydrogen) atoms. The maximum atomic E-state index is 5.44. The van der Waals surface area contributed by atoms with Crippen molar-refractivity contribution in [3.63, 3.8) is 0 Å². The highest BCUT2D eigenvalue weighted by Gasteiger charge is 2.11. The van der Waals surface area contributed by atoms with E-state index in [2.05, 4.69) is 5.32 Å². The van der Waals surface area contributed by atoms with Crippen LogP contribution in [-0.4, -0.2) is 32.3 Å². The highest BCUT2D eigenvalue weighted by Crippen LogP contribution is 2.04. The van der Waals surface area contributed by atoms with Crippen molar-refractivity contribution >= 4 is 0 Å². The Bertz CT molecular complexity index is 81.7. The van der Waals surface area contributed by atoms with Gasteiger partial charge in [-0.3, -0.25) is 0 Å². The molecule has 3 heteroatoms. The van der Waals surface area contributed by atoms with Crippen LogP contribution in [0.2, 0.25) is 0 Å². The fourth-order valence-corrected chi connectivity index (χ4v) is 1.20. The first-order valence-corrected chi connectivity index (χ1v) is 3.96. The van der Waals surface area contributed by atoms with Crippen LogP contribution in [0.1, 0.15) is 12.8 Å². The number of ether oxygens (including phenoxy) is 1. The Morgan fingerprint density at radius 3 is 3.10 bits per heavy atom. The van der Waals surface area contributed by atoms with Gasteiger partial charge in [-0.05, 0) is 19.4 Å². The summed E-state index contributed by atoms with van der Waals surface area (Å²) < 4.78 is 5.44. The zero-order valence-electron chi connectivity index (χ0n) is 6.31. The van der Waals surface area contributed by atoms with Crippen molar-refractivity contribution in [3.8, 4) is 0 Å². The van der Waals surface area contributed by atoms with Gasteiger partial charge in [-0.15, -0.1) is 0 Å². The van der Waals surface area contributed by atoms with Crippen molar-refractivity contribution in [2.75, 3.05) is 26.2 Å². The Labute approximate surface area is 61.9 Å². The summed E-state index contributed by atoms with van der Waals surface area (Å²) in [5.41, 5.74) is 5.30. The lowest BCUT2D eigenvalue weighted by Crippen LogP contribution is -2.36. The van der Waals surface area contributed by atoms with Crippen molar-refractivity contribution in [1.82, 2.24) is 5.32 Å². The monoisotopic (exact) mass is 144 g/mol. The Hall–Kier alpha value is -0.120. The average Bonchev–Trinajstić information content (AvgIpc) is 2.03. The Morgan fingerprint density at radius 2 is 2.50 bits per heavy atom. The third kappa shape index (κ3) is 2.64. The third-order valence-electron chi connectivity index (χ3n) is 1.72. The number of nitrogens with one attached hydrogen (secondary N) is 1. The van der Waals surface area contributed by atoms with Crippen LogP contribution in [0.4, 0.5) is 0 Å². The highest BCUT2D eigenvalue weighted by molar-refractivity contribution is 4.68. The van der Waals surface area contributed by atoms with Crippen LogP contribution in [0.5, 0.6) is 0 Å². The standard InChI is InChI=1S/C7H16N2O/c8-3-5-10-7-2-1-4-9-6-7/h7,9H,1-6,8H2/t7-/m0/s1. The van der Waals surface area contributed by atoms with Gasteiger partial charge in [0.05, 0.1) is 12.7 Å². The summed E-state index contributed by atoms with van der Waals surface area (Å²) in [7, 11) is 0. The summed E-state index contributed by atoms with van der Waals surface area (Å²) in [5.74, 6) is 0. The van der Waals surface area contributed by atoms with Gasteiger partial charge in [0.1, 0.15) is 0 Å². The van der Waals surface area contributed by atoms with E-state index in [1.165, 1.54) is 12.8 Å². The van der Waals surface area contributed by atoms with Crippen LogP contribution in [0.3, 0.4) is 0 Å². The van der Waals surface area contributed by atoms with Gasteiger partial charge in [0.25, 0.3) is 0 Å². The minimum Gasteiger partial charge on any atom is -0.376 e. The first kappa shape index (κ1) is 7.98. The Morgan fingerprint density at radius 1 is 1.60 bits per heavy atom. The number of nitrogens with two attached hydrogens (primary N) is 1. The molecule has 1 fully saturated rings. The molecule has 1 rings (SSSR count). The summed E-state index contributed by atoms with van der Waals surface area (Å²) in [5, 5.41) is 3.28. The summed E-state index contributed by atoms with van der Waals surface area (Å²) in [6, 6.07) is 0. The molecule has 3 nitrogen and oxygen atoms in total. The molecule has 1 aliphatic heterocycles. The van der Waals surface area contributed by atoms with E-state index in [0.29, 0.717) is 19.3 Å². The third-order valence-corrected chi connectivity index (χ3v) is 1.72. The van der Waals surface area contributed by atoms with Crippen LogP contribution >= 0.6 is 0 Å². The zero-order valence-corrected chi connectivity index (χ0v) is 6.31. The fourth-order valence-electron chi connectivity index (χ4n) is 1.20. The molecule has 1 aliphatic rings. The second-order valence-electron chi connectivity index (χ2n) is 2.63. The molecule has 60 valence electrons. The van der Waals surface area contributed by atoms with Gasteiger partial charge in [-0.2, -0.15) is 0 Å². The molecule has 0 aliphatic carbocycles. The highest BCUT2D eigenvalue weighted by atomic mass is 16.5. The van der Waals surface area contributed by atoms with E-state index in [1.807, 2.05) is 0 Å². The quantitative estimate of drug-likeness (QED) is 0.572. The number of rotatable bonds is 3. The van der Waals surface area contributed by atoms with E-state index in [1.54, 1.807) is 0 Å². The van der Waals surface area contributed by atoms with Crippen LogP contribution in [0.25, 0.3) is 0 Å². The first-order valence-electron chi connectivity index (χ1n) is 3.96. The molecule has 0 aromatic heterocycles. The normalized spacial score (nSPS) is 26.7. The van der Waals surface area contributed by atoms with Crippen LogP contribution < -0.4 is 11.1 Å². The molecule has 0 saturated carbocycles. The lowest BCUT2D eigenvalue weighted by atomic mass is 10.1. The largest absolute Gasteiger partial charge is 0.376 e. The topological polar surface area (TPSA) is 47.3 Å². The van der Waals surface area contributed by atoms with Gasteiger partial charge in [-0.1, -0.05) is 0 Å². The molecular formula is C7H16N2O. The van der Waals surface area contributed by atoms with E-state index >= 15 is 0 Å². The predicted molar refractivity (Wildman–Crippen MR) is 40.9 cm³/mol. The fraction of sp³-hybridized carbons (Fsp3) is 1.00. The molecule has 3 N–H and O–H groups in total. The SMILES string of the molecule is NCCO[C@H]1CCCNC1. The van der Waals surface area contributed by atoms with Crippen molar-refractivity contribution in [2.45, 2.75) is 18.9 Å². The van der Waals surface area contributed by atoms with Crippen molar-refractivity contribution in [1.29, 1.82) is 0 Å². The van der Waals surface area contributed by atoms with Gasteiger partial charge in [0, 0.05) is 13.1 Å². The smallest absolute Gasteiger partial charge is 0.0700 e. The second kappa shape index (κ2) is 4.66. The predicted octanol–water partition coefficient (Wildman–Crippen LogP) is -0.286. The van der Waals surface area contributed by atoms with Crippen LogP contribution in [0, 0.1) is 0 Å². The Balaban J connectivity index is 2.02. The first-order chi connectivity index (χ1) is 4.93. The molecule has 0 bridgehead atoms.